The lowest BCUT2D eigenvalue weighted by molar-refractivity contribution is 0.155. The minimum absolute atomic E-state index is 0.332. The van der Waals surface area contributed by atoms with E-state index in [0.29, 0.717) is 11.1 Å². The van der Waals surface area contributed by atoms with E-state index in [1.807, 2.05) is 0 Å². The first-order chi connectivity index (χ1) is 8.83. The van der Waals surface area contributed by atoms with Gasteiger partial charge in [0.05, 0.1) is 0 Å². The third-order valence-electron chi connectivity index (χ3n) is 4.73. The summed E-state index contributed by atoms with van der Waals surface area (Å²) in [5.41, 5.74) is 0. The molecule has 19 heavy (non-hydrogen) atoms. The van der Waals surface area contributed by atoms with E-state index in [-0.39, 0.29) is 0 Å². The molecule has 0 aliphatic heterocycles. The van der Waals surface area contributed by atoms with Crippen molar-refractivity contribution in [3.63, 3.8) is 0 Å². The molecule has 0 amide bonds. The molecule has 0 saturated heterocycles. The first-order valence-electron chi connectivity index (χ1n) is 8.16. The molecule has 0 saturated carbocycles. The minimum Gasteiger partial charge on any atom is -0.414 e. The Hall–Kier alpha value is -0.0831. The summed E-state index contributed by atoms with van der Waals surface area (Å²) < 4.78 is 6.63. The van der Waals surface area contributed by atoms with Crippen LogP contribution in [0.25, 0.3) is 0 Å². The molecular weight excluding hydrogens is 248 g/mol. The lowest BCUT2D eigenvalue weighted by Gasteiger charge is -2.39. The molecule has 1 aliphatic carbocycles. The van der Waals surface area contributed by atoms with Gasteiger partial charge in [0.1, 0.15) is 0 Å². The van der Waals surface area contributed by atoms with E-state index in [2.05, 4.69) is 46.0 Å². The van der Waals surface area contributed by atoms with Gasteiger partial charge in [-0.15, -0.1) is 0 Å². The van der Waals surface area contributed by atoms with Gasteiger partial charge in [0.25, 0.3) is 0 Å². The summed E-state index contributed by atoms with van der Waals surface area (Å²) in [6.07, 6.45) is 15.6. The zero-order chi connectivity index (χ0) is 14.4. The van der Waals surface area contributed by atoms with Crippen molar-refractivity contribution in [2.45, 2.75) is 96.4 Å². The lowest BCUT2D eigenvalue weighted by Crippen LogP contribution is -2.44. The zero-order valence-corrected chi connectivity index (χ0v) is 14.8. The van der Waals surface area contributed by atoms with Crippen molar-refractivity contribution >= 4 is 8.32 Å². The highest BCUT2D eigenvalue weighted by Crippen LogP contribution is 2.38. The minimum atomic E-state index is -1.59. The molecule has 0 spiro atoms. The fourth-order valence-electron chi connectivity index (χ4n) is 2.37. The van der Waals surface area contributed by atoms with E-state index in [1.54, 1.807) is 0 Å². The van der Waals surface area contributed by atoms with Crippen molar-refractivity contribution in [1.29, 1.82) is 0 Å². The maximum absolute atomic E-state index is 6.63. The molecular formula is C17H34OSi. The fourth-order valence-corrected chi connectivity index (χ4v) is 3.79. The summed E-state index contributed by atoms with van der Waals surface area (Å²) in [6, 6.07) is 0. The lowest BCUT2D eigenvalue weighted by atomic mass is 10.1. The zero-order valence-electron chi connectivity index (χ0n) is 13.8. The molecule has 0 radical (unpaired) electrons. The average molecular weight is 283 g/mol. The summed E-state index contributed by atoms with van der Waals surface area (Å²) in [4.78, 5) is 0. The molecule has 0 aromatic rings. The first kappa shape index (κ1) is 17.0. The van der Waals surface area contributed by atoms with E-state index in [1.165, 1.54) is 51.4 Å². The molecule has 1 unspecified atom stereocenters. The van der Waals surface area contributed by atoms with Crippen LogP contribution in [0.1, 0.15) is 72.1 Å². The molecule has 0 bridgehead atoms. The van der Waals surface area contributed by atoms with Gasteiger partial charge in [0.2, 0.25) is 0 Å². The summed E-state index contributed by atoms with van der Waals surface area (Å²) >= 11 is 0. The average Bonchev–Trinajstić information content (AvgIpc) is 2.33. The molecule has 2 heteroatoms. The fraction of sp³-hybridized carbons (Fsp3) is 0.882. The highest BCUT2D eigenvalue weighted by Gasteiger charge is 2.38. The maximum atomic E-state index is 6.63. The molecule has 0 heterocycles. The number of allylic oxidation sites excluding steroid dienone is 2. The van der Waals surface area contributed by atoms with Crippen LogP contribution >= 0.6 is 0 Å². The Kier molecular flexibility index (Phi) is 6.82. The highest BCUT2D eigenvalue weighted by molar-refractivity contribution is 6.74. The van der Waals surface area contributed by atoms with Crippen LogP contribution in [0.4, 0.5) is 0 Å². The van der Waals surface area contributed by atoms with Crippen molar-refractivity contribution < 1.29 is 4.43 Å². The second kappa shape index (κ2) is 7.63. The Bertz CT molecular complexity index is 275. The van der Waals surface area contributed by atoms with Crippen LogP contribution in [-0.4, -0.2) is 14.4 Å². The van der Waals surface area contributed by atoms with E-state index < -0.39 is 8.32 Å². The molecule has 1 rings (SSSR count). The Balaban J connectivity index is 2.55. The Labute approximate surface area is 122 Å². The van der Waals surface area contributed by atoms with Gasteiger partial charge in [-0.05, 0) is 56.7 Å². The van der Waals surface area contributed by atoms with Crippen molar-refractivity contribution in [3.8, 4) is 0 Å². The summed E-state index contributed by atoms with van der Waals surface area (Å²) in [7, 11) is -1.59. The van der Waals surface area contributed by atoms with Crippen molar-refractivity contribution in [3.05, 3.63) is 12.2 Å². The normalized spacial score (nSPS) is 25.6. The van der Waals surface area contributed by atoms with Gasteiger partial charge in [-0.25, -0.2) is 0 Å². The number of hydrogen-bond donors (Lipinski definition) is 0. The van der Waals surface area contributed by atoms with Crippen molar-refractivity contribution in [2.24, 2.45) is 0 Å². The van der Waals surface area contributed by atoms with Crippen molar-refractivity contribution in [1.82, 2.24) is 0 Å². The third-order valence-corrected chi connectivity index (χ3v) is 9.26. The number of rotatable bonds is 2. The second-order valence-electron chi connectivity index (χ2n) is 7.54. The first-order valence-corrected chi connectivity index (χ1v) is 11.1. The second-order valence-corrected chi connectivity index (χ2v) is 12.3. The van der Waals surface area contributed by atoms with Gasteiger partial charge in [-0.2, -0.15) is 0 Å². The predicted molar refractivity (Wildman–Crippen MR) is 88.1 cm³/mol. The van der Waals surface area contributed by atoms with E-state index in [4.69, 9.17) is 4.43 Å². The largest absolute Gasteiger partial charge is 0.414 e. The van der Waals surface area contributed by atoms with E-state index in [9.17, 15) is 0 Å². The third kappa shape index (κ3) is 6.27. The molecule has 0 fully saturated rings. The van der Waals surface area contributed by atoms with Crippen LogP contribution < -0.4 is 0 Å². The quantitative estimate of drug-likeness (QED) is 0.441. The summed E-state index contributed by atoms with van der Waals surface area (Å²) in [5.74, 6) is 0. The summed E-state index contributed by atoms with van der Waals surface area (Å²) in [5, 5.41) is 0.332. The topological polar surface area (TPSA) is 9.23 Å². The van der Waals surface area contributed by atoms with E-state index >= 15 is 0 Å². The monoisotopic (exact) mass is 282 g/mol. The van der Waals surface area contributed by atoms with Gasteiger partial charge in [0, 0.05) is 6.10 Å². The Morgan fingerprint density at radius 1 is 0.895 bits per heavy atom. The Morgan fingerprint density at radius 3 is 2.11 bits per heavy atom. The molecule has 0 aromatic heterocycles. The van der Waals surface area contributed by atoms with Gasteiger partial charge in [-0.1, -0.05) is 45.8 Å². The smallest absolute Gasteiger partial charge is 0.192 e. The summed E-state index contributed by atoms with van der Waals surface area (Å²) in [6.45, 7) is 11.8. The molecule has 1 atom stereocenters. The van der Waals surface area contributed by atoms with Gasteiger partial charge < -0.3 is 4.43 Å². The maximum Gasteiger partial charge on any atom is 0.192 e. The van der Waals surface area contributed by atoms with Gasteiger partial charge in [0.15, 0.2) is 8.32 Å². The molecule has 1 aliphatic rings. The van der Waals surface area contributed by atoms with Crippen LogP contribution in [0, 0.1) is 0 Å². The van der Waals surface area contributed by atoms with Gasteiger partial charge >= 0.3 is 0 Å². The Morgan fingerprint density at radius 2 is 1.47 bits per heavy atom. The van der Waals surface area contributed by atoms with Crippen molar-refractivity contribution in [2.75, 3.05) is 0 Å². The van der Waals surface area contributed by atoms with Crippen LogP contribution in [-0.2, 0) is 4.43 Å². The van der Waals surface area contributed by atoms with Crippen LogP contribution in [0.2, 0.25) is 18.1 Å². The van der Waals surface area contributed by atoms with Crippen LogP contribution in [0.5, 0.6) is 0 Å². The SMILES string of the molecule is CC(C)(C)[Si](C)(C)OC1CCC/C=C\CCCCC1. The molecule has 0 aromatic carbocycles. The molecule has 1 nitrogen and oxygen atoms in total. The number of hydrogen-bond acceptors (Lipinski definition) is 1. The molecule has 0 N–H and O–H groups in total. The van der Waals surface area contributed by atoms with E-state index in [0.717, 1.165) is 0 Å². The van der Waals surface area contributed by atoms with Gasteiger partial charge in [-0.3, -0.25) is 0 Å². The predicted octanol–water partition coefficient (Wildman–Crippen LogP) is 6.07. The standard InChI is InChI=1S/C17H34OSi/c1-17(2,3)19(4,5)18-16-14-12-10-8-6-7-9-11-13-15-16/h6,8,16H,7,9-15H2,1-5H3/b8-6-. The molecule has 112 valence electrons. The van der Waals surface area contributed by atoms with Crippen LogP contribution in [0.15, 0.2) is 12.2 Å². The highest BCUT2D eigenvalue weighted by atomic mass is 28.4. The van der Waals surface area contributed by atoms with Crippen LogP contribution in [0.3, 0.4) is 0 Å².